The van der Waals surface area contributed by atoms with Crippen LogP contribution in [-0.2, 0) is 25.5 Å². The molecule has 0 saturated carbocycles. The number of hydrogen-bond donors (Lipinski definition) is 1. The second-order valence-electron chi connectivity index (χ2n) is 12.6. The monoisotopic (exact) mass is 687 g/mol. The summed E-state index contributed by atoms with van der Waals surface area (Å²) in [7, 11) is 0. The lowest BCUT2D eigenvalue weighted by Gasteiger charge is -2.28. The molecule has 1 amide bonds. The quantitative estimate of drug-likeness (QED) is 0.0874. The Morgan fingerprint density at radius 3 is 1.54 bits per heavy atom. The molecule has 0 spiro atoms. The van der Waals surface area contributed by atoms with Crippen molar-refractivity contribution < 1.29 is 23.9 Å². The summed E-state index contributed by atoms with van der Waals surface area (Å²) in [5.41, 5.74) is 2.64. The van der Waals surface area contributed by atoms with Crippen molar-refractivity contribution >= 4 is 46.9 Å². The number of rotatable bonds is 11. The number of alkyl carbamates (subject to hydrolysis) is 1. The fourth-order valence-electron chi connectivity index (χ4n) is 5.49. The zero-order valence-corrected chi connectivity index (χ0v) is 30.1. The summed E-state index contributed by atoms with van der Waals surface area (Å²) in [5.74, 6) is 2.00. The van der Waals surface area contributed by atoms with Gasteiger partial charge in [0.15, 0.2) is 0 Å². The summed E-state index contributed by atoms with van der Waals surface area (Å²) in [4.78, 5) is 35.1. The summed E-state index contributed by atoms with van der Waals surface area (Å²) in [5, 5.41) is 6.30. The Morgan fingerprint density at radius 1 is 0.680 bits per heavy atom. The predicted molar refractivity (Wildman–Crippen MR) is 207 cm³/mol. The summed E-state index contributed by atoms with van der Waals surface area (Å²) in [6, 6.07) is 48.9. The molecule has 50 heavy (non-hydrogen) atoms. The van der Waals surface area contributed by atoms with Crippen molar-refractivity contribution in [2.75, 3.05) is 6.61 Å². The summed E-state index contributed by atoms with van der Waals surface area (Å²) in [6.45, 7) is 5.53. The molecule has 0 fully saturated rings. The van der Waals surface area contributed by atoms with Crippen molar-refractivity contribution in [3.63, 3.8) is 0 Å². The minimum Gasteiger partial charge on any atom is -0.466 e. The summed E-state index contributed by atoms with van der Waals surface area (Å²) < 4.78 is 10.4. The standard InChI is InChI=1S/C23H23O2P.C20H23NO3/c1-2-25-23(24)18-19-26(20-12-6-3-7-13-20,21-14-8-4-9-15-21)22-16-10-5-11-17-22;1-20(2,3)24-19(23)21-18(14-22)13-15-9-11-17(12-10-15)16-7-5-4-6-8-16/h3-17,19H,2,18H2,1H3;4-12,14,18H,13H2,1-3H3,(H,21,23). The fraction of sp³-hybridized carbons (Fsp3) is 0.209. The van der Waals surface area contributed by atoms with Gasteiger partial charge in [-0.1, -0.05) is 151 Å². The van der Waals surface area contributed by atoms with Gasteiger partial charge in [-0.25, -0.2) is 4.79 Å². The highest BCUT2D eigenvalue weighted by molar-refractivity contribution is 7.94. The Morgan fingerprint density at radius 2 is 1.12 bits per heavy atom. The Kier molecular flexibility index (Phi) is 14.0. The lowest BCUT2D eigenvalue weighted by Crippen LogP contribution is -2.41. The topological polar surface area (TPSA) is 81.7 Å². The molecular formula is C43H46NO5P. The van der Waals surface area contributed by atoms with E-state index in [0.717, 1.165) is 23.0 Å². The second kappa shape index (κ2) is 18.5. The number of benzene rings is 5. The van der Waals surface area contributed by atoms with Gasteiger partial charge in [-0.15, -0.1) is 0 Å². The van der Waals surface area contributed by atoms with Crippen molar-refractivity contribution in [1.29, 1.82) is 0 Å². The zero-order valence-electron chi connectivity index (χ0n) is 29.2. The minimum atomic E-state index is -2.06. The number of ether oxygens (including phenoxy) is 2. The molecule has 5 rings (SSSR count). The first-order valence-electron chi connectivity index (χ1n) is 16.8. The van der Waals surface area contributed by atoms with Crippen LogP contribution in [0.25, 0.3) is 11.1 Å². The molecule has 0 aliphatic rings. The van der Waals surface area contributed by atoms with E-state index in [2.05, 4.69) is 83.9 Å². The number of hydrogen-bond acceptors (Lipinski definition) is 5. The number of esters is 1. The largest absolute Gasteiger partial charge is 0.466 e. The second-order valence-corrected chi connectivity index (χ2v) is 15.9. The van der Waals surface area contributed by atoms with Crippen LogP contribution in [0.5, 0.6) is 0 Å². The van der Waals surface area contributed by atoms with Gasteiger partial charge in [0.2, 0.25) is 0 Å². The molecule has 1 atom stereocenters. The van der Waals surface area contributed by atoms with Crippen molar-refractivity contribution in [1.82, 2.24) is 5.32 Å². The lowest BCUT2D eigenvalue weighted by molar-refractivity contribution is -0.141. The van der Waals surface area contributed by atoms with Crippen LogP contribution in [0.1, 0.15) is 39.7 Å². The van der Waals surface area contributed by atoms with Crippen LogP contribution < -0.4 is 21.2 Å². The molecule has 7 heteroatoms. The highest BCUT2D eigenvalue weighted by Gasteiger charge is 2.25. The Balaban J connectivity index is 0.000000226. The predicted octanol–water partition coefficient (Wildman–Crippen LogP) is 7.72. The van der Waals surface area contributed by atoms with Crippen LogP contribution in [-0.4, -0.2) is 42.4 Å². The van der Waals surface area contributed by atoms with Crippen LogP contribution in [0.2, 0.25) is 0 Å². The van der Waals surface area contributed by atoms with Crippen molar-refractivity contribution in [3.05, 3.63) is 151 Å². The molecule has 1 N–H and O–H groups in total. The molecule has 0 radical (unpaired) electrons. The zero-order chi connectivity index (χ0) is 35.8. The molecule has 0 heterocycles. The average Bonchev–Trinajstić information content (AvgIpc) is 3.13. The highest BCUT2D eigenvalue weighted by Crippen LogP contribution is 2.43. The van der Waals surface area contributed by atoms with Gasteiger partial charge in [0.25, 0.3) is 0 Å². The van der Waals surface area contributed by atoms with Gasteiger partial charge >= 0.3 is 12.1 Å². The van der Waals surface area contributed by atoms with E-state index in [9.17, 15) is 14.4 Å². The molecule has 0 aliphatic carbocycles. The van der Waals surface area contributed by atoms with Crippen LogP contribution >= 0.6 is 6.89 Å². The Labute approximate surface area is 296 Å². The molecule has 0 aliphatic heterocycles. The van der Waals surface area contributed by atoms with Gasteiger partial charge in [-0.05, 0) is 73.6 Å². The van der Waals surface area contributed by atoms with Gasteiger partial charge in [0.05, 0.1) is 19.1 Å². The normalized spacial score (nSPS) is 11.6. The number of carbonyl (C=O) groups is 3. The number of amides is 1. The van der Waals surface area contributed by atoms with E-state index >= 15 is 0 Å². The first-order valence-corrected chi connectivity index (χ1v) is 18.6. The summed E-state index contributed by atoms with van der Waals surface area (Å²) >= 11 is 0. The van der Waals surface area contributed by atoms with Gasteiger partial charge in [-0.2, -0.15) is 0 Å². The highest BCUT2D eigenvalue weighted by atomic mass is 31.2. The van der Waals surface area contributed by atoms with Crippen molar-refractivity contribution in [2.45, 2.75) is 52.2 Å². The Hall–Kier alpha value is -5.19. The van der Waals surface area contributed by atoms with E-state index in [4.69, 9.17) is 9.47 Å². The van der Waals surface area contributed by atoms with E-state index in [-0.39, 0.29) is 5.97 Å². The molecule has 1 unspecified atom stereocenters. The van der Waals surface area contributed by atoms with E-state index < -0.39 is 24.6 Å². The minimum absolute atomic E-state index is 0.181. The van der Waals surface area contributed by atoms with Gasteiger partial charge in [0.1, 0.15) is 11.9 Å². The first-order chi connectivity index (χ1) is 24.1. The van der Waals surface area contributed by atoms with Gasteiger partial charge in [0, 0.05) is 0 Å². The van der Waals surface area contributed by atoms with E-state index in [1.807, 2.05) is 79.7 Å². The number of aldehydes is 1. The van der Waals surface area contributed by atoms with Crippen LogP contribution in [0.3, 0.4) is 0 Å². The molecule has 6 nitrogen and oxygen atoms in total. The maximum Gasteiger partial charge on any atom is 0.408 e. The first kappa shape index (κ1) is 37.6. The SMILES string of the molecule is CC(C)(C)OC(=O)NC(C=O)Cc1ccc(-c2ccccc2)cc1.CCOC(=O)CC=P(c1ccccc1)(c1ccccc1)c1ccccc1. The third kappa shape index (κ3) is 10.9. The van der Waals surface area contributed by atoms with Crippen molar-refractivity contribution in [2.24, 2.45) is 0 Å². The molecule has 5 aromatic rings. The lowest BCUT2D eigenvalue weighted by atomic mass is 10.0. The molecule has 0 bridgehead atoms. The fourth-order valence-corrected chi connectivity index (χ4v) is 9.37. The third-order valence-electron chi connectivity index (χ3n) is 7.71. The molecular weight excluding hydrogens is 641 g/mol. The van der Waals surface area contributed by atoms with Crippen LogP contribution in [0, 0.1) is 0 Å². The number of carbonyl (C=O) groups excluding carboxylic acids is 3. The Bertz CT molecular complexity index is 1730. The maximum absolute atomic E-state index is 12.1. The molecule has 258 valence electrons. The van der Waals surface area contributed by atoms with Gasteiger partial charge in [-0.3, -0.25) is 4.79 Å². The van der Waals surface area contributed by atoms with Crippen LogP contribution in [0.4, 0.5) is 4.79 Å². The average molecular weight is 688 g/mol. The molecule has 0 aromatic heterocycles. The van der Waals surface area contributed by atoms with E-state index in [1.54, 1.807) is 20.8 Å². The number of nitrogens with one attached hydrogen (secondary N) is 1. The molecule has 0 saturated heterocycles. The van der Waals surface area contributed by atoms with E-state index in [1.165, 1.54) is 15.9 Å². The maximum atomic E-state index is 12.1. The molecule has 5 aromatic carbocycles. The van der Waals surface area contributed by atoms with Crippen LogP contribution in [0.15, 0.2) is 146 Å². The summed E-state index contributed by atoms with van der Waals surface area (Å²) in [6.07, 6.45) is 0.869. The third-order valence-corrected chi connectivity index (χ3v) is 11.8. The van der Waals surface area contributed by atoms with Gasteiger partial charge < -0.3 is 19.6 Å². The van der Waals surface area contributed by atoms with E-state index in [0.29, 0.717) is 19.4 Å². The smallest absolute Gasteiger partial charge is 0.408 e. The van der Waals surface area contributed by atoms with Crippen molar-refractivity contribution in [3.8, 4) is 11.1 Å².